The van der Waals surface area contributed by atoms with Crippen LogP contribution >= 0.6 is 0 Å². The Balaban J connectivity index is 2.07. The molecule has 4 nitrogen and oxygen atoms in total. The molecule has 0 aliphatic carbocycles. The lowest BCUT2D eigenvalue weighted by Crippen LogP contribution is -2.38. The second-order valence-electron chi connectivity index (χ2n) is 5.32. The highest BCUT2D eigenvalue weighted by Crippen LogP contribution is 2.38. The van der Waals surface area contributed by atoms with E-state index in [0.29, 0.717) is 17.7 Å². The first-order valence-electron chi connectivity index (χ1n) is 7.18. The number of hydrogen-bond acceptors (Lipinski definition) is 3. The highest BCUT2D eigenvalue weighted by Gasteiger charge is 2.34. The zero-order valence-electron chi connectivity index (χ0n) is 12.6. The molecule has 0 fully saturated rings. The van der Waals surface area contributed by atoms with Gasteiger partial charge in [0.25, 0.3) is 0 Å². The van der Waals surface area contributed by atoms with Gasteiger partial charge in [0.15, 0.2) is 5.78 Å². The molecule has 4 heteroatoms. The Kier molecular flexibility index (Phi) is 3.67. The van der Waals surface area contributed by atoms with E-state index in [-0.39, 0.29) is 17.7 Å². The van der Waals surface area contributed by atoms with Crippen LogP contribution in [-0.2, 0) is 4.79 Å². The molecule has 1 atom stereocenters. The van der Waals surface area contributed by atoms with Crippen LogP contribution in [0.15, 0.2) is 48.5 Å². The third kappa shape index (κ3) is 2.37. The lowest BCUT2D eigenvalue weighted by molar-refractivity contribution is -0.117. The molecular formula is C18H17NO3. The van der Waals surface area contributed by atoms with Gasteiger partial charge in [-0.25, -0.2) is 0 Å². The Labute approximate surface area is 129 Å². The molecule has 1 heterocycles. The minimum absolute atomic E-state index is 0.0638. The molecule has 1 aliphatic heterocycles. The number of fused-ring (bicyclic) bond motifs is 1. The van der Waals surface area contributed by atoms with Crippen molar-refractivity contribution in [3.63, 3.8) is 0 Å². The summed E-state index contributed by atoms with van der Waals surface area (Å²) in [5.74, 6) is 0.746. The van der Waals surface area contributed by atoms with Gasteiger partial charge in [0, 0.05) is 18.9 Å². The van der Waals surface area contributed by atoms with Crippen molar-refractivity contribution in [3.05, 3.63) is 59.7 Å². The van der Waals surface area contributed by atoms with Gasteiger partial charge in [-0.15, -0.1) is 0 Å². The van der Waals surface area contributed by atoms with E-state index in [1.54, 1.807) is 18.1 Å². The van der Waals surface area contributed by atoms with Crippen molar-refractivity contribution in [2.75, 3.05) is 12.0 Å². The van der Waals surface area contributed by atoms with Gasteiger partial charge in [-0.2, -0.15) is 0 Å². The number of ether oxygens (including phenoxy) is 1. The third-order valence-corrected chi connectivity index (χ3v) is 3.99. The number of nitrogens with zero attached hydrogens (tertiary/aromatic N) is 1. The molecule has 22 heavy (non-hydrogen) atoms. The van der Waals surface area contributed by atoms with E-state index in [1.165, 1.54) is 6.92 Å². The number of benzene rings is 2. The second-order valence-corrected chi connectivity index (χ2v) is 5.32. The van der Waals surface area contributed by atoms with Gasteiger partial charge in [-0.3, -0.25) is 9.59 Å². The van der Waals surface area contributed by atoms with Gasteiger partial charge in [-0.1, -0.05) is 24.3 Å². The van der Waals surface area contributed by atoms with Crippen molar-refractivity contribution < 1.29 is 14.3 Å². The van der Waals surface area contributed by atoms with Crippen LogP contribution < -0.4 is 9.64 Å². The Morgan fingerprint density at radius 3 is 2.45 bits per heavy atom. The molecule has 3 rings (SSSR count). The van der Waals surface area contributed by atoms with Crippen LogP contribution in [0.1, 0.15) is 35.3 Å². The van der Waals surface area contributed by atoms with Crippen molar-refractivity contribution in [2.45, 2.75) is 19.4 Å². The SMILES string of the molecule is COc1ccc(C2CC(=O)c3ccccc3N2C(C)=O)cc1. The highest BCUT2D eigenvalue weighted by atomic mass is 16.5. The predicted octanol–water partition coefficient (Wildman–Crippen LogP) is 3.38. The van der Waals surface area contributed by atoms with E-state index in [4.69, 9.17) is 4.74 Å². The number of methoxy groups -OCH3 is 1. The van der Waals surface area contributed by atoms with E-state index in [1.807, 2.05) is 42.5 Å². The van der Waals surface area contributed by atoms with Gasteiger partial charge < -0.3 is 9.64 Å². The minimum atomic E-state index is -0.272. The van der Waals surface area contributed by atoms with E-state index < -0.39 is 0 Å². The van der Waals surface area contributed by atoms with Gasteiger partial charge in [0.05, 0.1) is 18.8 Å². The van der Waals surface area contributed by atoms with Gasteiger partial charge in [-0.05, 0) is 29.8 Å². The van der Waals surface area contributed by atoms with Crippen molar-refractivity contribution in [1.29, 1.82) is 0 Å². The van der Waals surface area contributed by atoms with Crippen LogP contribution in [0, 0.1) is 0 Å². The summed E-state index contributed by atoms with van der Waals surface area (Å²) in [7, 11) is 1.61. The Morgan fingerprint density at radius 2 is 1.82 bits per heavy atom. The molecule has 0 spiro atoms. The summed E-state index contributed by atoms with van der Waals surface area (Å²) in [5, 5.41) is 0. The van der Waals surface area contributed by atoms with Crippen LogP contribution in [0.3, 0.4) is 0 Å². The first kappa shape index (κ1) is 14.3. The minimum Gasteiger partial charge on any atom is -0.497 e. The normalized spacial score (nSPS) is 17.1. The third-order valence-electron chi connectivity index (χ3n) is 3.99. The number of carbonyl (C=O) groups excluding carboxylic acids is 2. The van der Waals surface area contributed by atoms with E-state index in [9.17, 15) is 9.59 Å². The molecule has 0 aromatic heterocycles. The van der Waals surface area contributed by atoms with E-state index in [0.717, 1.165) is 11.3 Å². The summed E-state index contributed by atoms with van der Waals surface area (Å²) >= 11 is 0. The van der Waals surface area contributed by atoms with Gasteiger partial charge >= 0.3 is 0 Å². The number of hydrogen-bond donors (Lipinski definition) is 0. The maximum Gasteiger partial charge on any atom is 0.224 e. The topological polar surface area (TPSA) is 46.6 Å². The van der Waals surface area contributed by atoms with E-state index in [2.05, 4.69) is 0 Å². The quantitative estimate of drug-likeness (QED) is 0.853. The summed E-state index contributed by atoms with van der Waals surface area (Å²) in [6.45, 7) is 1.53. The van der Waals surface area contributed by atoms with Crippen molar-refractivity contribution in [1.82, 2.24) is 0 Å². The maximum atomic E-state index is 12.4. The fraction of sp³-hybridized carbons (Fsp3) is 0.222. The van der Waals surface area contributed by atoms with Crippen LogP contribution in [0.25, 0.3) is 0 Å². The number of ketones is 1. The first-order valence-corrected chi connectivity index (χ1v) is 7.18. The van der Waals surface area contributed by atoms with Crippen LogP contribution in [0.4, 0.5) is 5.69 Å². The molecule has 0 radical (unpaired) electrons. The molecule has 1 amide bonds. The van der Waals surface area contributed by atoms with Crippen molar-refractivity contribution >= 4 is 17.4 Å². The Bertz CT molecular complexity index is 721. The first-order chi connectivity index (χ1) is 10.6. The molecule has 2 aromatic carbocycles. The summed E-state index contributed by atoms with van der Waals surface area (Å²) in [6.07, 6.45) is 0.295. The lowest BCUT2D eigenvalue weighted by atomic mass is 9.90. The van der Waals surface area contributed by atoms with Crippen molar-refractivity contribution in [2.24, 2.45) is 0 Å². The fourth-order valence-electron chi connectivity index (χ4n) is 2.95. The summed E-state index contributed by atoms with van der Waals surface area (Å²) in [5.41, 5.74) is 2.23. The fourth-order valence-corrected chi connectivity index (χ4v) is 2.95. The zero-order valence-corrected chi connectivity index (χ0v) is 12.6. The largest absolute Gasteiger partial charge is 0.497 e. The number of amides is 1. The summed E-state index contributed by atoms with van der Waals surface area (Å²) in [6, 6.07) is 14.5. The average molecular weight is 295 g/mol. The number of carbonyl (C=O) groups is 2. The Hall–Kier alpha value is -2.62. The monoisotopic (exact) mass is 295 g/mol. The highest BCUT2D eigenvalue weighted by molar-refractivity contribution is 6.09. The smallest absolute Gasteiger partial charge is 0.224 e. The zero-order chi connectivity index (χ0) is 15.7. The number of anilines is 1. The summed E-state index contributed by atoms with van der Waals surface area (Å²) in [4.78, 5) is 26.3. The predicted molar refractivity (Wildman–Crippen MR) is 84.3 cm³/mol. The van der Waals surface area contributed by atoms with Crippen molar-refractivity contribution in [3.8, 4) is 5.75 Å². The van der Waals surface area contributed by atoms with Crippen LogP contribution in [0.2, 0.25) is 0 Å². The molecule has 2 aromatic rings. The lowest BCUT2D eigenvalue weighted by Gasteiger charge is -2.36. The molecule has 0 saturated heterocycles. The molecule has 0 N–H and O–H groups in total. The van der Waals surface area contributed by atoms with Gasteiger partial charge in [0.2, 0.25) is 5.91 Å². The molecule has 112 valence electrons. The van der Waals surface area contributed by atoms with E-state index >= 15 is 0 Å². The number of para-hydroxylation sites is 1. The molecule has 0 saturated carbocycles. The number of Topliss-reactive ketones (excluding diaryl/α,β-unsaturated/α-hetero) is 1. The molecular weight excluding hydrogens is 278 g/mol. The van der Waals surface area contributed by atoms with Gasteiger partial charge in [0.1, 0.15) is 5.75 Å². The molecule has 1 aliphatic rings. The molecule has 0 bridgehead atoms. The standard InChI is InChI=1S/C18H17NO3/c1-12(20)19-16-6-4-3-5-15(16)18(21)11-17(19)13-7-9-14(22-2)10-8-13/h3-10,17H,11H2,1-2H3. The maximum absolute atomic E-state index is 12.4. The summed E-state index contributed by atoms with van der Waals surface area (Å²) < 4.78 is 5.16. The molecule has 1 unspecified atom stereocenters. The average Bonchev–Trinajstić information content (AvgIpc) is 2.54. The number of rotatable bonds is 2. The second kappa shape index (κ2) is 5.64. The van der Waals surface area contributed by atoms with Crippen LogP contribution in [0.5, 0.6) is 5.75 Å². The van der Waals surface area contributed by atoms with Crippen LogP contribution in [-0.4, -0.2) is 18.8 Å². The Morgan fingerprint density at radius 1 is 1.14 bits per heavy atom.